The lowest BCUT2D eigenvalue weighted by atomic mass is 10.0. The van der Waals surface area contributed by atoms with Gasteiger partial charge in [0.15, 0.2) is 0 Å². The van der Waals surface area contributed by atoms with Crippen LogP contribution in [0.1, 0.15) is 29.7 Å². The second-order valence-electron chi connectivity index (χ2n) is 4.10. The highest BCUT2D eigenvalue weighted by Gasteiger charge is 2.14. The molecule has 0 bridgehead atoms. The minimum Gasteiger partial charge on any atom is -0.312 e. The quantitative estimate of drug-likeness (QED) is 0.854. The Bertz CT molecular complexity index is 376. The summed E-state index contributed by atoms with van der Waals surface area (Å²) in [6.45, 7) is 6.17. The van der Waals surface area contributed by atoms with Gasteiger partial charge < -0.3 is 5.32 Å². The maximum atomic E-state index is 11.6. The van der Waals surface area contributed by atoms with E-state index >= 15 is 0 Å². The Morgan fingerprint density at radius 2 is 2.06 bits per heavy atom. The third-order valence-corrected chi connectivity index (χ3v) is 4.17. The lowest BCUT2D eigenvalue weighted by Gasteiger charge is -2.18. The minimum atomic E-state index is -0.734. The molecule has 90 valence electrons. The van der Waals surface area contributed by atoms with Crippen LogP contribution in [0, 0.1) is 13.8 Å². The van der Waals surface area contributed by atoms with E-state index in [2.05, 4.69) is 37.4 Å². The molecule has 0 heterocycles. The van der Waals surface area contributed by atoms with E-state index in [0.717, 1.165) is 5.75 Å². The van der Waals surface area contributed by atoms with Crippen molar-refractivity contribution in [2.24, 2.45) is 0 Å². The summed E-state index contributed by atoms with van der Waals surface area (Å²) in [7, 11) is 1.19. The van der Waals surface area contributed by atoms with Crippen LogP contribution in [0.25, 0.3) is 0 Å². The van der Waals surface area contributed by atoms with Crippen molar-refractivity contribution in [3.63, 3.8) is 0 Å². The van der Waals surface area contributed by atoms with Crippen LogP contribution in [-0.4, -0.2) is 22.8 Å². The van der Waals surface area contributed by atoms with E-state index in [4.69, 9.17) is 0 Å². The predicted molar refractivity (Wildman–Crippen MR) is 71.3 cm³/mol. The Labute approximate surface area is 101 Å². The topological polar surface area (TPSA) is 29.1 Å². The zero-order chi connectivity index (χ0) is 12.1. The van der Waals surface area contributed by atoms with Crippen LogP contribution >= 0.6 is 0 Å². The van der Waals surface area contributed by atoms with E-state index in [1.165, 1.54) is 16.7 Å². The molecule has 2 unspecified atom stereocenters. The van der Waals surface area contributed by atoms with Crippen molar-refractivity contribution < 1.29 is 4.21 Å². The first-order chi connectivity index (χ1) is 7.58. The molecule has 2 atom stereocenters. The van der Waals surface area contributed by atoms with Crippen molar-refractivity contribution in [3.05, 3.63) is 34.9 Å². The van der Waals surface area contributed by atoms with Crippen molar-refractivity contribution in [1.29, 1.82) is 0 Å². The molecule has 1 aromatic carbocycles. The smallest absolute Gasteiger partial charge is 0.0437 e. The molecule has 16 heavy (non-hydrogen) atoms. The van der Waals surface area contributed by atoms with Crippen LogP contribution in [0.5, 0.6) is 0 Å². The summed E-state index contributed by atoms with van der Waals surface area (Å²) in [6.07, 6.45) is 0. The zero-order valence-corrected chi connectivity index (χ0v) is 11.4. The summed E-state index contributed by atoms with van der Waals surface area (Å²) >= 11 is 0. The second-order valence-corrected chi connectivity index (χ2v) is 5.89. The van der Waals surface area contributed by atoms with Gasteiger partial charge in [-0.2, -0.15) is 0 Å². The highest BCUT2D eigenvalue weighted by Crippen LogP contribution is 2.19. The van der Waals surface area contributed by atoms with Gasteiger partial charge in [0, 0.05) is 28.3 Å². The Morgan fingerprint density at radius 1 is 1.38 bits per heavy atom. The highest BCUT2D eigenvalue weighted by atomic mass is 32.2. The van der Waals surface area contributed by atoms with Gasteiger partial charge in [0.05, 0.1) is 0 Å². The summed E-state index contributed by atoms with van der Waals surface area (Å²) in [5.74, 6) is 1.42. The van der Waals surface area contributed by atoms with E-state index in [-0.39, 0.29) is 6.04 Å². The van der Waals surface area contributed by atoms with Gasteiger partial charge in [-0.3, -0.25) is 4.21 Å². The van der Waals surface area contributed by atoms with Gasteiger partial charge in [0.2, 0.25) is 0 Å². The molecule has 0 aliphatic heterocycles. The van der Waals surface area contributed by atoms with Crippen molar-refractivity contribution in [2.75, 3.05) is 18.6 Å². The maximum Gasteiger partial charge on any atom is 0.0437 e. The zero-order valence-electron chi connectivity index (χ0n) is 10.5. The van der Waals surface area contributed by atoms with E-state index in [9.17, 15) is 4.21 Å². The molecule has 3 heteroatoms. The number of aryl methyl sites for hydroxylation is 2. The minimum absolute atomic E-state index is 0.196. The fourth-order valence-electron chi connectivity index (χ4n) is 1.85. The normalized spacial score (nSPS) is 14.8. The second kappa shape index (κ2) is 6.16. The van der Waals surface area contributed by atoms with Gasteiger partial charge in [-0.1, -0.05) is 30.7 Å². The average Bonchev–Trinajstić information content (AvgIpc) is 2.26. The number of rotatable bonds is 5. The molecular weight excluding hydrogens is 218 g/mol. The molecule has 1 rings (SSSR count). The summed E-state index contributed by atoms with van der Waals surface area (Å²) in [5, 5.41) is 3.25. The van der Waals surface area contributed by atoms with Crippen LogP contribution in [0.3, 0.4) is 0 Å². The molecule has 0 aliphatic rings. The fraction of sp³-hybridized carbons (Fsp3) is 0.538. The summed E-state index contributed by atoms with van der Waals surface area (Å²) in [6, 6.07) is 6.62. The third kappa shape index (κ3) is 3.42. The Morgan fingerprint density at radius 3 is 2.56 bits per heavy atom. The molecule has 0 amide bonds. The number of hydrogen-bond acceptors (Lipinski definition) is 2. The first-order valence-corrected chi connectivity index (χ1v) is 7.16. The highest BCUT2D eigenvalue weighted by molar-refractivity contribution is 7.84. The van der Waals surface area contributed by atoms with E-state index in [0.29, 0.717) is 5.75 Å². The van der Waals surface area contributed by atoms with Gasteiger partial charge in [-0.05, 0) is 32.0 Å². The average molecular weight is 239 g/mol. The molecule has 0 aliphatic carbocycles. The summed E-state index contributed by atoms with van der Waals surface area (Å²) < 4.78 is 11.6. The molecule has 0 aromatic heterocycles. The Balaban J connectivity index is 2.90. The van der Waals surface area contributed by atoms with Crippen LogP contribution in [0.15, 0.2) is 18.2 Å². The van der Waals surface area contributed by atoms with E-state index in [1.807, 2.05) is 14.0 Å². The first kappa shape index (κ1) is 13.4. The molecule has 0 saturated carbocycles. The van der Waals surface area contributed by atoms with Crippen LogP contribution in [0.4, 0.5) is 0 Å². The molecule has 1 aromatic rings. The van der Waals surface area contributed by atoms with Crippen molar-refractivity contribution >= 4 is 10.8 Å². The standard InChI is InChI=1S/C13H21NOS/c1-5-16(15)9-13(14-4)12-7-6-10(2)8-11(12)3/h6-8,13-14H,5,9H2,1-4H3. The lowest BCUT2D eigenvalue weighted by molar-refractivity contribution is 0.633. The predicted octanol–water partition coefficient (Wildman–Crippen LogP) is 2.33. The van der Waals surface area contributed by atoms with Crippen molar-refractivity contribution in [1.82, 2.24) is 5.32 Å². The number of nitrogens with one attached hydrogen (secondary N) is 1. The SMILES string of the molecule is CCS(=O)CC(NC)c1ccc(C)cc1C. The van der Waals surface area contributed by atoms with Gasteiger partial charge >= 0.3 is 0 Å². The third-order valence-electron chi connectivity index (χ3n) is 2.82. The fourth-order valence-corrected chi connectivity index (χ4v) is 2.80. The van der Waals surface area contributed by atoms with Crippen LogP contribution < -0.4 is 5.32 Å². The van der Waals surface area contributed by atoms with Crippen LogP contribution in [0.2, 0.25) is 0 Å². The maximum absolute atomic E-state index is 11.6. The summed E-state index contributed by atoms with van der Waals surface area (Å²) in [5.41, 5.74) is 3.80. The number of benzene rings is 1. The molecule has 2 nitrogen and oxygen atoms in total. The molecule has 1 N–H and O–H groups in total. The number of hydrogen-bond donors (Lipinski definition) is 1. The Kier molecular flexibility index (Phi) is 5.16. The van der Waals surface area contributed by atoms with Crippen molar-refractivity contribution in [2.45, 2.75) is 26.8 Å². The summed E-state index contributed by atoms with van der Waals surface area (Å²) in [4.78, 5) is 0. The molecule has 0 saturated heterocycles. The Hall–Kier alpha value is -0.670. The van der Waals surface area contributed by atoms with Gasteiger partial charge in [0.25, 0.3) is 0 Å². The molecule has 0 spiro atoms. The molecule has 0 fully saturated rings. The molecule has 0 radical (unpaired) electrons. The monoisotopic (exact) mass is 239 g/mol. The lowest BCUT2D eigenvalue weighted by Crippen LogP contribution is -2.24. The molecular formula is C13H21NOS. The van der Waals surface area contributed by atoms with E-state index < -0.39 is 10.8 Å². The largest absolute Gasteiger partial charge is 0.312 e. The van der Waals surface area contributed by atoms with Gasteiger partial charge in [0.1, 0.15) is 0 Å². The van der Waals surface area contributed by atoms with Crippen LogP contribution in [-0.2, 0) is 10.8 Å². The first-order valence-electron chi connectivity index (χ1n) is 5.67. The van der Waals surface area contributed by atoms with Gasteiger partial charge in [-0.15, -0.1) is 0 Å². The van der Waals surface area contributed by atoms with Gasteiger partial charge in [-0.25, -0.2) is 0 Å². The van der Waals surface area contributed by atoms with E-state index in [1.54, 1.807) is 0 Å². The van der Waals surface area contributed by atoms with Crippen molar-refractivity contribution in [3.8, 4) is 0 Å².